The first-order valence-corrected chi connectivity index (χ1v) is 9.95. The van der Waals surface area contributed by atoms with Crippen LogP contribution in [-0.2, 0) is 4.43 Å². The van der Waals surface area contributed by atoms with Crippen LogP contribution in [0.4, 0.5) is 0 Å². The third-order valence-corrected chi connectivity index (χ3v) is 11.1. The van der Waals surface area contributed by atoms with Crippen molar-refractivity contribution in [1.82, 2.24) is 0 Å². The Bertz CT molecular complexity index is 81.5. The predicted molar refractivity (Wildman–Crippen MR) is 46.8 cm³/mol. The average molecular weight is 182 g/mol. The molecule has 0 rings (SSSR count). The number of alkyl halides is 1. The van der Waals surface area contributed by atoms with E-state index in [0.29, 0.717) is 6.07 Å². The summed E-state index contributed by atoms with van der Waals surface area (Å²) in [5.74, 6) is 0. The van der Waals surface area contributed by atoms with Gasteiger partial charge in [-0.25, -0.2) is 0 Å². The predicted octanol–water partition coefficient (Wildman–Crippen LogP) is 2.24. The summed E-state index contributed by atoms with van der Waals surface area (Å²) in [6, 6.07) is 0.370. The van der Waals surface area contributed by atoms with E-state index in [1.165, 1.54) is 0 Å². The van der Waals surface area contributed by atoms with Gasteiger partial charge >= 0.3 is 0 Å². The van der Waals surface area contributed by atoms with Crippen molar-refractivity contribution in [2.45, 2.75) is 26.2 Å². The fourth-order valence-corrected chi connectivity index (χ4v) is 3.18. The highest BCUT2D eigenvalue weighted by molar-refractivity contribution is 7.28. The zero-order valence-corrected chi connectivity index (χ0v) is 9.25. The lowest BCUT2D eigenvalue weighted by Crippen LogP contribution is -2.42. The number of hydrogen-bond donors (Lipinski definition) is 0. The van der Waals surface area contributed by atoms with Gasteiger partial charge in [-0.05, 0) is 6.55 Å². The Morgan fingerprint density at radius 2 is 1.89 bits per heavy atom. The van der Waals surface area contributed by atoms with E-state index in [-0.39, 0.29) is 0 Å². The van der Waals surface area contributed by atoms with Crippen molar-refractivity contribution in [2.75, 3.05) is 6.07 Å². The van der Waals surface area contributed by atoms with Gasteiger partial charge in [0, 0.05) is 0 Å². The number of halogens is 1. The van der Waals surface area contributed by atoms with Crippen molar-refractivity contribution >= 4 is 27.8 Å². The van der Waals surface area contributed by atoms with Crippen molar-refractivity contribution in [3.8, 4) is 0 Å². The van der Waals surface area contributed by atoms with Crippen LogP contribution >= 0.6 is 11.6 Å². The minimum Gasteiger partial charge on any atom is -0.407 e. The molecule has 0 aromatic carbocycles. The van der Waals surface area contributed by atoms with Gasteiger partial charge in [-0.3, -0.25) is 0 Å². The molecule has 1 nitrogen and oxygen atoms in total. The van der Waals surface area contributed by atoms with Crippen molar-refractivity contribution in [3.63, 3.8) is 0 Å². The Kier molecular flexibility index (Phi) is 4.04. The molecule has 0 aliphatic rings. The molecular formula is C5H14ClOSi2. The van der Waals surface area contributed by atoms with E-state index in [0.717, 1.165) is 0 Å². The molecule has 0 saturated carbocycles. The van der Waals surface area contributed by atoms with Gasteiger partial charge < -0.3 is 4.43 Å². The van der Waals surface area contributed by atoms with E-state index < -0.39 is 16.1 Å². The van der Waals surface area contributed by atoms with E-state index in [1.807, 2.05) is 0 Å². The van der Waals surface area contributed by atoms with Crippen molar-refractivity contribution < 1.29 is 4.43 Å². The quantitative estimate of drug-likeness (QED) is 0.480. The van der Waals surface area contributed by atoms with Gasteiger partial charge in [-0.1, -0.05) is 31.2 Å². The molecule has 0 N–H and O–H groups in total. The SMILES string of the molecule is C[Si](OCCl)[Si](C)(C)C. The topological polar surface area (TPSA) is 9.23 Å². The third-order valence-electron chi connectivity index (χ3n) is 1.33. The molecule has 0 aromatic heterocycles. The maximum absolute atomic E-state index is 5.43. The van der Waals surface area contributed by atoms with Gasteiger partial charge in [0.1, 0.15) is 6.07 Å². The Hall–Kier alpha value is 0.684. The number of hydrogen-bond acceptors (Lipinski definition) is 1. The first-order valence-electron chi connectivity index (χ1n) is 3.01. The standard InChI is InChI=1S/C5H14ClOSi2/c1-8(7-5-6)9(2,3)4/h5H2,1-4H3. The molecule has 0 unspecified atom stereocenters. The molecule has 0 aliphatic carbocycles. The molecule has 0 aliphatic heterocycles. The van der Waals surface area contributed by atoms with E-state index in [9.17, 15) is 0 Å². The summed E-state index contributed by atoms with van der Waals surface area (Å²) in [6.45, 7) is 9.13. The van der Waals surface area contributed by atoms with Crippen molar-refractivity contribution in [2.24, 2.45) is 0 Å². The maximum atomic E-state index is 5.43. The fraction of sp³-hybridized carbons (Fsp3) is 1.00. The zero-order valence-electron chi connectivity index (χ0n) is 6.49. The Morgan fingerprint density at radius 1 is 1.44 bits per heavy atom. The molecule has 1 radical (unpaired) electrons. The van der Waals surface area contributed by atoms with E-state index >= 15 is 0 Å². The zero-order chi connectivity index (χ0) is 7.49. The molecule has 4 heteroatoms. The molecule has 0 fully saturated rings. The molecule has 0 heterocycles. The van der Waals surface area contributed by atoms with Crippen LogP contribution in [-0.4, -0.2) is 22.2 Å². The van der Waals surface area contributed by atoms with Crippen LogP contribution in [0.15, 0.2) is 0 Å². The van der Waals surface area contributed by atoms with Crippen LogP contribution in [0.2, 0.25) is 26.2 Å². The maximum Gasteiger partial charge on any atom is 0.194 e. The number of rotatable bonds is 3. The largest absolute Gasteiger partial charge is 0.407 e. The minimum absolute atomic E-state index is 0.370. The van der Waals surface area contributed by atoms with Gasteiger partial charge in [0.15, 0.2) is 8.56 Å². The molecule has 9 heavy (non-hydrogen) atoms. The summed E-state index contributed by atoms with van der Waals surface area (Å²) in [6.07, 6.45) is 0. The van der Waals surface area contributed by atoms with E-state index in [1.54, 1.807) is 0 Å². The second-order valence-electron chi connectivity index (χ2n) is 3.06. The van der Waals surface area contributed by atoms with Crippen LogP contribution in [0.3, 0.4) is 0 Å². The molecule has 55 valence electrons. The molecule has 0 spiro atoms. The van der Waals surface area contributed by atoms with Crippen LogP contribution in [0.5, 0.6) is 0 Å². The highest BCUT2D eigenvalue weighted by atomic mass is 35.5. The molecule has 0 aromatic rings. The molecule has 0 amide bonds. The normalized spacial score (nSPS) is 12.7. The second kappa shape index (κ2) is 3.76. The molecule has 0 atom stereocenters. The summed E-state index contributed by atoms with van der Waals surface area (Å²) in [4.78, 5) is 0. The lowest BCUT2D eigenvalue weighted by Gasteiger charge is -2.21. The van der Waals surface area contributed by atoms with Crippen molar-refractivity contribution in [3.05, 3.63) is 0 Å². The smallest absolute Gasteiger partial charge is 0.194 e. The lowest BCUT2D eigenvalue weighted by atomic mass is 11.7. The average Bonchev–Trinajstić information content (AvgIpc) is 1.64. The van der Waals surface area contributed by atoms with Gasteiger partial charge in [-0.2, -0.15) is 0 Å². The molecular weight excluding hydrogens is 168 g/mol. The first-order chi connectivity index (χ1) is 3.98. The molecule has 0 bridgehead atoms. The van der Waals surface area contributed by atoms with E-state index in [4.69, 9.17) is 16.0 Å². The van der Waals surface area contributed by atoms with Crippen LogP contribution in [0.25, 0.3) is 0 Å². The third kappa shape index (κ3) is 4.14. The van der Waals surface area contributed by atoms with Crippen LogP contribution in [0, 0.1) is 0 Å². The van der Waals surface area contributed by atoms with Gasteiger partial charge in [0.25, 0.3) is 0 Å². The lowest BCUT2D eigenvalue weighted by molar-refractivity contribution is 0.408. The Labute approximate surface area is 64.9 Å². The Balaban J connectivity index is 3.59. The fourth-order valence-electron chi connectivity index (χ4n) is 0.298. The van der Waals surface area contributed by atoms with Crippen LogP contribution in [0.1, 0.15) is 0 Å². The van der Waals surface area contributed by atoms with Gasteiger partial charge in [0.2, 0.25) is 0 Å². The first kappa shape index (κ1) is 9.68. The van der Waals surface area contributed by atoms with Gasteiger partial charge in [-0.15, -0.1) is 0 Å². The van der Waals surface area contributed by atoms with Crippen LogP contribution < -0.4 is 0 Å². The van der Waals surface area contributed by atoms with E-state index in [2.05, 4.69) is 26.2 Å². The van der Waals surface area contributed by atoms with Crippen molar-refractivity contribution in [1.29, 1.82) is 0 Å². The monoisotopic (exact) mass is 181 g/mol. The highest BCUT2D eigenvalue weighted by Crippen LogP contribution is 2.07. The summed E-state index contributed by atoms with van der Waals surface area (Å²) >= 11 is 5.43. The summed E-state index contributed by atoms with van der Waals surface area (Å²) < 4.78 is 5.34. The second-order valence-corrected chi connectivity index (χ2v) is 15.8. The summed E-state index contributed by atoms with van der Waals surface area (Å²) in [7, 11) is -1.54. The van der Waals surface area contributed by atoms with Gasteiger partial charge in [0.05, 0.1) is 7.59 Å². The molecule has 0 saturated heterocycles. The summed E-state index contributed by atoms with van der Waals surface area (Å²) in [5.41, 5.74) is 0. The summed E-state index contributed by atoms with van der Waals surface area (Å²) in [5, 5.41) is 0. The Morgan fingerprint density at radius 3 is 2.00 bits per heavy atom. The minimum atomic E-state index is -0.986. The highest BCUT2D eigenvalue weighted by Gasteiger charge is 2.25.